The molecule has 0 bridgehead atoms. The number of aliphatic carboxylic acids is 1. The number of sulfonamides is 1. The first-order valence-electron chi connectivity index (χ1n) is 14.9. The van der Waals surface area contributed by atoms with Gasteiger partial charge in [0.1, 0.15) is 11.6 Å². The molecule has 2 aromatic carbocycles. The minimum atomic E-state index is -4.22. The summed E-state index contributed by atoms with van der Waals surface area (Å²) in [5.41, 5.74) is 1.56. The number of nitrogens with one attached hydrogen (secondary N) is 1. The van der Waals surface area contributed by atoms with Crippen LogP contribution in [0.4, 0.5) is 4.79 Å². The molecule has 3 aromatic rings. The lowest BCUT2D eigenvalue weighted by molar-refractivity contribution is -0.141. The van der Waals surface area contributed by atoms with Gasteiger partial charge in [-0.15, -0.1) is 0 Å². The van der Waals surface area contributed by atoms with Crippen LogP contribution < -0.4 is 4.72 Å². The first-order chi connectivity index (χ1) is 21.3. The largest absolute Gasteiger partial charge is 0.480 e. The highest BCUT2D eigenvalue weighted by Gasteiger charge is 2.42. The van der Waals surface area contributed by atoms with Gasteiger partial charge in [-0.25, -0.2) is 22.7 Å². The van der Waals surface area contributed by atoms with Gasteiger partial charge in [0.05, 0.1) is 4.90 Å². The van der Waals surface area contributed by atoms with E-state index in [-0.39, 0.29) is 23.4 Å². The van der Waals surface area contributed by atoms with Crippen LogP contribution in [-0.2, 0) is 26.1 Å². The van der Waals surface area contributed by atoms with E-state index in [1.54, 1.807) is 51.1 Å². The first kappa shape index (κ1) is 33.6. The van der Waals surface area contributed by atoms with Crippen LogP contribution in [0.2, 0.25) is 0 Å². The van der Waals surface area contributed by atoms with E-state index in [2.05, 4.69) is 16.8 Å². The van der Waals surface area contributed by atoms with E-state index in [0.29, 0.717) is 29.7 Å². The standard InChI is InChI=1S/C33H40N4O7S/c1-5-6-19-36(26-20-28(31(39)40)37(22-26)30(38)25-15-17-34-18-16-25)21-23-11-13-24(14-12-23)27-9-7-8-10-29(27)45(42,43)35-32(41)44-33(2,3)4/h7-18,26,28H,5-6,19-22H2,1-4H3,(H,35,41)(H,39,40). The van der Waals surface area contributed by atoms with E-state index in [4.69, 9.17) is 4.74 Å². The summed E-state index contributed by atoms with van der Waals surface area (Å²) in [6.07, 6.45) is 4.13. The number of likely N-dealkylation sites (tertiary alicyclic amines) is 1. The fourth-order valence-electron chi connectivity index (χ4n) is 5.38. The highest BCUT2D eigenvalue weighted by atomic mass is 32.2. The number of benzene rings is 2. The second-order valence-electron chi connectivity index (χ2n) is 12.1. The van der Waals surface area contributed by atoms with Crippen molar-refractivity contribution >= 4 is 28.0 Å². The predicted octanol–water partition coefficient (Wildman–Crippen LogP) is 4.93. The molecule has 2 N–H and O–H groups in total. The van der Waals surface area contributed by atoms with Crippen molar-refractivity contribution in [1.82, 2.24) is 19.5 Å². The maximum atomic E-state index is 13.2. The molecule has 0 saturated carbocycles. The van der Waals surface area contributed by atoms with E-state index < -0.39 is 33.7 Å². The molecule has 0 radical (unpaired) electrons. The molecule has 4 rings (SSSR count). The summed E-state index contributed by atoms with van der Waals surface area (Å²) >= 11 is 0. The van der Waals surface area contributed by atoms with Crippen molar-refractivity contribution < 1.29 is 32.6 Å². The van der Waals surface area contributed by atoms with Gasteiger partial charge in [0.2, 0.25) is 0 Å². The number of amides is 2. The van der Waals surface area contributed by atoms with Crippen LogP contribution in [-0.4, -0.2) is 77.1 Å². The Labute approximate surface area is 264 Å². The Morgan fingerprint density at radius 3 is 2.33 bits per heavy atom. The van der Waals surface area contributed by atoms with Crippen molar-refractivity contribution in [3.05, 3.63) is 84.2 Å². The predicted molar refractivity (Wildman–Crippen MR) is 169 cm³/mol. The molecule has 1 aliphatic rings. The number of carbonyl (C=O) groups is 3. The average Bonchev–Trinajstić information content (AvgIpc) is 3.44. The van der Waals surface area contributed by atoms with Gasteiger partial charge in [-0.2, -0.15) is 0 Å². The summed E-state index contributed by atoms with van der Waals surface area (Å²) in [5, 5.41) is 9.96. The van der Waals surface area contributed by atoms with Gasteiger partial charge in [0.15, 0.2) is 0 Å². The molecule has 2 heterocycles. The minimum Gasteiger partial charge on any atom is -0.480 e. The topological polar surface area (TPSA) is 146 Å². The maximum Gasteiger partial charge on any atom is 0.421 e. The third-order valence-electron chi connectivity index (χ3n) is 7.51. The van der Waals surface area contributed by atoms with Gasteiger partial charge >= 0.3 is 12.1 Å². The fraction of sp³-hybridized carbons (Fsp3) is 0.394. The number of unbranched alkanes of at least 4 members (excludes halogenated alkanes) is 1. The number of nitrogens with zero attached hydrogens (tertiary/aromatic N) is 3. The molecule has 2 unspecified atom stereocenters. The van der Waals surface area contributed by atoms with Gasteiger partial charge in [-0.05, 0) is 69.5 Å². The summed E-state index contributed by atoms with van der Waals surface area (Å²) in [7, 11) is -4.22. The van der Waals surface area contributed by atoms with Crippen LogP contribution in [0.1, 0.15) is 62.9 Å². The van der Waals surface area contributed by atoms with E-state index >= 15 is 0 Å². The molecular weight excluding hydrogens is 596 g/mol. The van der Waals surface area contributed by atoms with Crippen molar-refractivity contribution in [2.45, 2.75) is 76.1 Å². The van der Waals surface area contributed by atoms with E-state index in [1.165, 1.54) is 23.4 Å². The van der Waals surface area contributed by atoms with E-state index in [1.807, 2.05) is 29.0 Å². The smallest absolute Gasteiger partial charge is 0.421 e. The van der Waals surface area contributed by atoms with Crippen molar-refractivity contribution in [3.8, 4) is 11.1 Å². The number of aromatic nitrogens is 1. The van der Waals surface area contributed by atoms with E-state index in [9.17, 15) is 27.9 Å². The molecular formula is C33H40N4O7S. The van der Waals surface area contributed by atoms with Crippen LogP contribution >= 0.6 is 0 Å². The highest BCUT2D eigenvalue weighted by molar-refractivity contribution is 7.90. The summed E-state index contributed by atoms with van der Waals surface area (Å²) in [5.74, 6) is -1.36. The first-order valence-corrected chi connectivity index (χ1v) is 16.4. The Balaban J connectivity index is 1.54. The Hall–Kier alpha value is -4.29. The van der Waals surface area contributed by atoms with Crippen molar-refractivity contribution in [2.24, 2.45) is 0 Å². The van der Waals surface area contributed by atoms with Crippen molar-refractivity contribution in [2.75, 3.05) is 13.1 Å². The minimum absolute atomic E-state index is 0.0576. The monoisotopic (exact) mass is 636 g/mol. The quantitative estimate of drug-likeness (QED) is 0.299. The SMILES string of the molecule is CCCCN(Cc1ccc(-c2ccccc2S(=O)(=O)NC(=O)OC(C)(C)C)cc1)C1CC(C(=O)O)N(C(=O)c2ccncc2)C1. The molecule has 2 atom stereocenters. The Morgan fingerprint density at radius 1 is 1.04 bits per heavy atom. The third-order valence-corrected chi connectivity index (χ3v) is 8.88. The molecule has 1 saturated heterocycles. The van der Waals surface area contributed by atoms with Crippen molar-refractivity contribution in [3.63, 3.8) is 0 Å². The van der Waals surface area contributed by atoms with Crippen molar-refractivity contribution in [1.29, 1.82) is 0 Å². The molecule has 2 amide bonds. The number of pyridine rings is 1. The Bertz CT molecular complexity index is 1610. The lowest BCUT2D eigenvalue weighted by Crippen LogP contribution is -2.41. The van der Waals surface area contributed by atoms with E-state index in [0.717, 1.165) is 24.9 Å². The van der Waals surface area contributed by atoms with Crippen LogP contribution in [0.5, 0.6) is 0 Å². The number of carboxylic acid groups (broad SMARTS) is 1. The van der Waals surface area contributed by atoms with Crippen LogP contribution in [0.15, 0.2) is 78.0 Å². The summed E-state index contributed by atoms with van der Waals surface area (Å²) < 4.78 is 33.4. The molecule has 12 heteroatoms. The second kappa shape index (κ2) is 14.2. The lowest BCUT2D eigenvalue weighted by atomic mass is 10.0. The third kappa shape index (κ3) is 8.67. The average molecular weight is 637 g/mol. The lowest BCUT2D eigenvalue weighted by Gasteiger charge is -2.29. The summed E-state index contributed by atoms with van der Waals surface area (Å²) in [6, 6.07) is 15.9. The number of rotatable bonds is 11. The van der Waals surface area contributed by atoms with Crippen LogP contribution in [0.3, 0.4) is 0 Å². The highest BCUT2D eigenvalue weighted by Crippen LogP contribution is 2.30. The zero-order valence-electron chi connectivity index (χ0n) is 26.0. The second-order valence-corrected chi connectivity index (χ2v) is 13.7. The summed E-state index contributed by atoms with van der Waals surface area (Å²) in [6.45, 7) is 8.56. The fourth-order valence-corrected chi connectivity index (χ4v) is 6.48. The number of hydrogen-bond acceptors (Lipinski definition) is 8. The molecule has 1 aliphatic heterocycles. The van der Waals surface area contributed by atoms with Gasteiger partial charge in [0, 0.05) is 42.7 Å². The van der Waals surface area contributed by atoms with Gasteiger partial charge in [-0.1, -0.05) is 55.8 Å². The molecule has 45 heavy (non-hydrogen) atoms. The number of carbonyl (C=O) groups excluding carboxylic acids is 2. The van der Waals surface area contributed by atoms with Gasteiger partial charge in [-0.3, -0.25) is 14.7 Å². The Morgan fingerprint density at radius 2 is 1.71 bits per heavy atom. The number of carboxylic acids is 1. The molecule has 0 aliphatic carbocycles. The van der Waals surface area contributed by atoms with Crippen LogP contribution in [0.25, 0.3) is 11.1 Å². The molecule has 0 spiro atoms. The molecule has 240 valence electrons. The summed E-state index contributed by atoms with van der Waals surface area (Å²) in [4.78, 5) is 45.2. The molecule has 1 aromatic heterocycles. The van der Waals surface area contributed by atoms with Gasteiger partial charge < -0.3 is 14.7 Å². The number of hydrogen-bond donors (Lipinski definition) is 2. The van der Waals surface area contributed by atoms with Gasteiger partial charge in [0.25, 0.3) is 15.9 Å². The zero-order valence-corrected chi connectivity index (χ0v) is 26.8. The normalized spacial score (nSPS) is 16.9. The Kier molecular flexibility index (Phi) is 10.6. The molecule has 1 fully saturated rings. The zero-order chi connectivity index (χ0) is 32.8. The maximum absolute atomic E-state index is 13.2. The van der Waals surface area contributed by atoms with Crippen LogP contribution in [0, 0.1) is 0 Å². The molecule has 11 nitrogen and oxygen atoms in total. The number of ether oxygens (including phenoxy) is 1.